The fraction of sp³-hybridized carbons (Fsp3) is 0.778. The number of hydrogen-bond donors (Lipinski definition) is 0. The van der Waals surface area contributed by atoms with Crippen molar-refractivity contribution >= 4 is 5.82 Å². The summed E-state index contributed by atoms with van der Waals surface area (Å²) >= 11 is 0. The van der Waals surface area contributed by atoms with E-state index in [1.54, 1.807) is 10.9 Å². The number of alkyl halides is 2. The van der Waals surface area contributed by atoms with Gasteiger partial charge in [-0.1, -0.05) is 19.1 Å². The SMILES string of the molecule is CC.CCn1cc(N2CC(F)(F)C2)nn1. The van der Waals surface area contributed by atoms with E-state index in [9.17, 15) is 8.78 Å². The van der Waals surface area contributed by atoms with Gasteiger partial charge in [-0.05, 0) is 6.92 Å². The van der Waals surface area contributed by atoms with Crippen molar-refractivity contribution in [2.75, 3.05) is 18.0 Å². The Morgan fingerprint density at radius 2 is 2.00 bits per heavy atom. The highest BCUT2D eigenvalue weighted by atomic mass is 19.3. The van der Waals surface area contributed by atoms with Crippen molar-refractivity contribution in [2.45, 2.75) is 33.2 Å². The number of halogens is 2. The molecule has 1 aromatic heterocycles. The van der Waals surface area contributed by atoms with Gasteiger partial charge >= 0.3 is 0 Å². The van der Waals surface area contributed by atoms with Crippen LogP contribution in [0.3, 0.4) is 0 Å². The molecule has 1 saturated heterocycles. The van der Waals surface area contributed by atoms with Gasteiger partial charge in [0.15, 0.2) is 5.82 Å². The normalized spacial score (nSPS) is 17.8. The quantitative estimate of drug-likeness (QED) is 0.758. The van der Waals surface area contributed by atoms with Crippen LogP contribution in [0.15, 0.2) is 6.20 Å². The largest absolute Gasteiger partial charge is 0.342 e. The van der Waals surface area contributed by atoms with E-state index in [0.29, 0.717) is 12.4 Å². The smallest absolute Gasteiger partial charge is 0.282 e. The van der Waals surface area contributed by atoms with Crippen molar-refractivity contribution in [3.05, 3.63) is 6.20 Å². The van der Waals surface area contributed by atoms with Crippen LogP contribution in [0.4, 0.5) is 14.6 Å². The van der Waals surface area contributed by atoms with E-state index in [4.69, 9.17) is 0 Å². The molecule has 2 rings (SSSR count). The molecule has 0 spiro atoms. The molecule has 0 aliphatic carbocycles. The molecule has 4 nitrogen and oxygen atoms in total. The van der Waals surface area contributed by atoms with Crippen molar-refractivity contribution in [3.8, 4) is 0 Å². The van der Waals surface area contributed by atoms with Gasteiger partial charge < -0.3 is 4.90 Å². The van der Waals surface area contributed by atoms with Crippen LogP contribution >= 0.6 is 0 Å². The maximum Gasteiger partial charge on any atom is 0.282 e. The molecule has 15 heavy (non-hydrogen) atoms. The van der Waals surface area contributed by atoms with Gasteiger partial charge in [-0.2, -0.15) is 0 Å². The van der Waals surface area contributed by atoms with Crippen LogP contribution in [0.1, 0.15) is 20.8 Å². The van der Waals surface area contributed by atoms with E-state index >= 15 is 0 Å². The van der Waals surface area contributed by atoms with Gasteiger partial charge in [-0.25, -0.2) is 8.78 Å². The molecule has 1 aliphatic heterocycles. The molecule has 1 fully saturated rings. The van der Waals surface area contributed by atoms with Crippen molar-refractivity contribution in [3.63, 3.8) is 0 Å². The Balaban J connectivity index is 0.000000531. The summed E-state index contributed by atoms with van der Waals surface area (Å²) < 4.78 is 26.5. The predicted octanol–water partition coefficient (Wildman–Crippen LogP) is 1.78. The predicted molar refractivity (Wildman–Crippen MR) is 54.2 cm³/mol. The molecular formula is C9H16F2N4. The van der Waals surface area contributed by atoms with Gasteiger partial charge in [0.2, 0.25) is 0 Å². The maximum absolute atomic E-state index is 12.5. The van der Waals surface area contributed by atoms with Gasteiger partial charge in [-0.3, -0.25) is 4.68 Å². The van der Waals surface area contributed by atoms with E-state index in [0.717, 1.165) is 0 Å². The molecule has 0 atom stereocenters. The molecule has 6 heteroatoms. The Kier molecular flexibility index (Phi) is 3.60. The summed E-state index contributed by atoms with van der Waals surface area (Å²) in [6, 6.07) is 0. The van der Waals surface area contributed by atoms with E-state index < -0.39 is 5.92 Å². The third kappa shape index (κ3) is 2.64. The van der Waals surface area contributed by atoms with Gasteiger partial charge in [-0.15, -0.1) is 5.10 Å². The van der Waals surface area contributed by atoms with E-state index in [1.165, 1.54) is 4.90 Å². The second kappa shape index (κ2) is 4.55. The van der Waals surface area contributed by atoms with E-state index in [2.05, 4.69) is 10.3 Å². The average molecular weight is 218 g/mol. The first-order valence-corrected chi connectivity index (χ1v) is 5.13. The highest BCUT2D eigenvalue weighted by Crippen LogP contribution is 2.29. The molecule has 0 aromatic carbocycles. The molecule has 0 amide bonds. The van der Waals surface area contributed by atoms with E-state index in [1.807, 2.05) is 20.8 Å². The summed E-state index contributed by atoms with van der Waals surface area (Å²) in [7, 11) is 0. The second-order valence-electron chi connectivity index (χ2n) is 3.14. The minimum atomic E-state index is -2.55. The molecular weight excluding hydrogens is 202 g/mol. The van der Waals surface area contributed by atoms with Crippen LogP contribution in [0.25, 0.3) is 0 Å². The number of rotatable bonds is 2. The molecule has 86 valence electrons. The Morgan fingerprint density at radius 3 is 2.40 bits per heavy atom. The second-order valence-corrected chi connectivity index (χ2v) is 3.14. The number of aryl methyl sites for hydroxylation is 1. The van der Waals surface area contributed by atoms with E-state index in [-0.39, 0.29) is 13.1 Å². The molecule has 0 bridgehead atoms. The Labute approximate surface area is 87.9 Å². The topological polar surface area (TPSA) is 34.0 Å². The first-order chi connectivity index (χ1) is 7.11. The standard InChI is InChI=1S/C7H10F2N4.C2H6/c1-2-13-3-6(10-11-13)12-4-7(8,9)5-12;1-2/h3H,2,4-5H2,1H3;1-2H3. The highest BCUT2D eigenvalue weighted by Gasteiger charge is 2.44. The third-order valence-electron chi connectivity index (χ3n) is 2.02. The number of aromatic nitrogens is 3. The van der Waals surface area contributed by atoms with Crippen LogP contribution in [0.5, 0.6) is 0 Å². The van der Waals surface area contributed by atoms with Crippen LogP contribution in [0, 0.1) is 0 Å². The molecule has 0 saturated carbocycles. The fourth-order valence-corrected chi connectivity index (χ4v) is 1.26. The van der Waals surface area contributed by atoms with Gasteiger partial charge in [0.05, 0.1) is 19.3 Å². The van der Waals surface area contributed by atoms with Crippen molar-refractivity contribution in [2.24, 2.45) is 0 Å². The lowest BCUT2D eigenvalue weighted by Crippen LogP contribution is -2.56. The molecule has 1 aliphatic rings. The summed E-state index contributed by atoms with van der Waals surface area (Å²) in [4.78, 5) is 1.51. The Bertz CT molecular complexity index is 303. The maximum atomic E-state index is 12.5. The Hall–Kier alpha value is -1.20. The molecule has 0 unspecified atom stereocenters. The monoisotopic (exact) mass is 218 g/mol. The zero-order chi connectivity index (χ0) is 11.5. The minimum Gasteiger partial charge on any atom is -0.342 e. The summed E-state index contributed by atoms with van der Waals surface area (Å²) in [6.07, 6.45) is 1.68. The zero-order valence-corrected chi connectivity index (χ0v) is 9.24. The number of nitrogens with zero attached hydrogens (tertiary/aromatic N) is 4. The fourth-order valence-electron chi connectivity index (χ4n) is 1.26. The van der Waals surface area contributed by atoms with Gasteiger partial charge in [0.25, 0.3) is 5.92 Å². The highest BCUT2D eigenvalue weighted by molar-refractivity contribution is 5.40. The van der Waals surface area contributed by atoms with Crippen molar-refractivity contribution < 1.29 is 8.78 Å². The summed E-state index contributed by atoms with van der Waals surface area (Å²) in [6.45, 7) is 6.14. The molecule has 1 aromatic rings. The molecule has 2 heterocycles. The van der Waals surface area contributed by atoms with Crippen LogP contribution in [-0.4, -0.2) is 34.0 Å². The molecule has 0 N–H and O–H groups in total. The third-order valence-corrected chi connectivity index (χ3v) is 2.02. The van der Waals surface area contributed by atoms with Crippen LogP contribution in [-0.2, 0) is 6.54 Å². The first kappa shape index (κ1) is 11.9. The first-order valence-electron chi connectivity index (χ1n) is 5.13. The van der Waals surface area contributed by atoms with Gasteiger partial charge in [0.1, 0.15) is 0 Å². The number of hydrogen-bond acceptors (Lipinski definition) is 3. The van der Waals surface area contributed by atoms with Crippen LogP contribution < -0.4 is 4.90 Å². The lowest BCUT2D eigenvalue weighted by Gasteiger charge is -2.38. The summed E-state index contributed by atoms with van der Waals surface area (Å²) in [5, 5.41) is 7.55. The summed E-state index contributed by atoms with van der Waals surface area (Å²) in [5.74, 6) is -2.01. The summed E-state index contributed by atoms with van der Waals surface area (Å²) in [5.41, 5.74) is 0. The van der Waals surface area contributed by atoms with Crippen molar-refractivity contribution in [1.82, 2.24) is 15.0 Å². The molecule has 0 radical (unpaired) electrons. The minimum absolute atomic E-state index is 0.241. The average Bonchev–Trinajstić information content (AvgIpc) is 2.65. The van der Waals surface area contributed by atoms with Crippen molar-refractivity contribution in [1.29, 1.82) is 0 Å². The lowest BCUT2D eigenvalue weighted by molar-refractivity contribution is -0.0267. The van der Waals surface area contributed by atoms with Gasteiger partial charge in [0, 0.05) is 6.54 Å². The zero-order valence-electron chi connectivity index (χ0n) is 9.24. The Morgan fingerprint density at radius 1 is 1.40 bits per heavy atom. The van der Waals surface area contributed by atoms with Crippen LogP contribution in [0.2, 0.25) is 0 Å². The number of anilines is 1. The lowest BCUT2D eigenvalue weighted by atomic mass is 10.1.